The van der Waals surface area contributed by atoms with E-state index in [-0.39, 0.29) is 28.1 Å². The van der Waals surface area contributed by atoms with Crippen molar-refractivity contribution < 1.29 is 27.3 Å². The minimum Gasteiger partial charge on any atom is -0.463 e. The molecule has 188 valence electrons. The van der Waals surface area contributed by atoms with Crippen molar-refractivity contribution in [3.8, 4) is 0 Å². The van der Waals surface area contributed by atoms with E-state index in [2.05, 4.69) is 15.4 Å². The molecule has 0 bridgehead atoms. The molecule has 3 aromatic rings. The molecule has 0 unspecified atom stereocenters. The van der Waals surface area contributed by atoms with Crippen LogP contribution < -0.4 is 15.1 Å². The Morgan fingerprint density at radius 3 is 2.56 bits per heavy atom. The quantitative estimate of drug-likeness (QED) is 0.384. The molecule has 4 rings (SSSR count). The lowest BCUT2D eigenvalue weighted by molar-refractivity contribution is 0.0984. The van der Waals surface area contributed by atoms with Crippen LogP contribution in [0.25, 0.3) is 0 Å². The highest BCUT2D eigenvalue weighted by Gasteiger charge is 2.30. The second-order valence-corrected chi connectivity index (χ2v) is 9.51. The maximum atomic E-state index is 13.1. The summed E-state index contributed by atoms with van der Waals surface area (Å²) < 4.78 is 39.2. The molecule has 0 saturated carbocycles. The first-order valence-electron chi connectivity index (χ1n) is 10.3. The van der Waals surface area contributed by atoms with Crippen molar-refractivity contribution in [3.63, 3.8) is 0 Å². The Balaban J connectivity index is 1.62. The molecule has 1 aliphatic heterocycles. The molecule has 0 aliphatic carbocycles. The summed E-state index contributed by atoms with van der Waals surface area (Å²) in [5.41, 5.74) is 0.810. The summed E-state index contributed by atoms with van der Waals surface area (Å²) in [6, 6.07) is 9.33. The Labute approximate surface area is 210 Å². The zero-order valence-electron chi connectivity index (χ0n) is 18.8. The average molecular weight is 534 g/mol. The van der Waals surface area contributed by atoms with Crippen LogP contribution in [0.5, 0.6) is 0 Å². The number of hydrogen-bond donors (Lipinski definition) is 3. The van der Waals surface area contributed by atoms with E-state index >= 15 is 0 Å². The number of anilines is 3. The summed E-state index contributed by atoms with van der Waals surface area (Å²) >= 11 is 5.81. The van der Waals surface area contributed by atoms with Gasteiger partial charge in [-0.15, -0.1) is 0 Å². The van der Waals surface area contributed by atoms with Crippen molar-refractivity contribution in [2.45, 2.75) is 0 Å². The second-order valence-electron chi connectivity index (χ2n) is 7.65. The number of amides is 2. The van der Waals surface area contributed by atoms with E-state index in [0.29, 0.717) is 29.4 Å². The van der Waals surface area contributed by atoms with E-state index in [9.17, 15) is 22.6 Å². The molecule has 3 heterocycles. The fourth-order valence-electron chi connectivity index (χ4n) is 3.44. The van der Waals surface area contributed by atoms with Crippen molar-refractivity contribution in [1.82, 2.24) is 14.8 Å². The van der Waals surface area contributed by atoms with Crippen LogP contribution in [-0.2, 0) is 21.9 Å². The number of halogens is 1. The minimum atomic E-state index is -4.70. The monoisotopic (exact) mass is 533 g/mol. The number of nitrogens with zero attached hydrogens (tertiary/aromatic N) is 5. The van der Waals surface area contributed by atoms with Crippen molar-refractivity contribution in [1.29, 1.82) is 5.41 Å². The Bertz CT molecular complexity index is 1420. The van der Waals surface area contributed by atoms with E-state index in [4.69, 9.17) is 21.7 Å². The summed E-state index contributed by atoms with van der Waals surface area (Å²) in [7, 11) is -3.22. The first-order valence-corrected chi connectivity index (χ1v) is 12.3. The summed E-state index contributed by atoms with van der Waals surface area (Å²) in [6.45, 7) is 0.940. The number of nitrogens with one attached hydrogen (secondary N) is 2. The Kier molecular flexibility index (Phi) is 6.92. The predicted molar refractivity (Wildman–Crippen MR) is 131 cm³/mol. The molecule has 13 nitrogen and oxygen atoms in total. The number of benzene rings is 1. The average Bonchev–Trinajstić information content (AvgIpc) is 3.43. The van der Waals surface area contributed by atoms with Gasteiger partial charge >= 0.3 is 0 Å². The summed E-state index contributed by atoms with van der Waals surface area (Å²) in [5, 5.41) is 14.8. The first kappa shape index (κ1) is 25.1. The van der Waals surface area contributed by atoms with Gasteiger partial charge in [-0.2, -0.15) is 13.5 Å². The zero-order valence-corrected chi connectivity index (χ0v) is 20.3. The van der Waals surface area contributed by atoms with Gasteiger partial charge in [0.25, 0.3) is 28.0 Å². The lowest BCUT2D eigenvalue weighted by atomic mass is 10.2. The molecule has 0 radical (unpaired) electrons. The third kappa shape index (κ3) is 5.62. The van der Waals surface area contributed by atoms with Crippen molar-refractivity contribution in [2.75, 3.05) is 34.1 Å². The lowest BCUT2D eigenvalue weighted by Crippen LogP contribution is -2.37. The second kappa shape index (κ2) is 9.93. The molecular formula is C21H20ClN7O6S. The highest BCUT2D eigenvalue weighted by atomic mass is 35.5. The number of amidine groups is 1. The summed E-state index contributed by atoms with van der Waals surface area (Å²) in [4.78, 5) is 32.4. The van der Waals surface area contributed by atoms with Gasteiger partial charge in [0.2, 0.25) is 0 Å². The van der Waals surface area contributed by atoms with Crippen LogP contribution in [0.15, 0.2) is 48.8 Å². The molecule has 2 amide bonds. The Hall–Kier alpha value is -4.01. The molecule has 3 N–H and O–H groups in total. The van der Waals surface area contributed by atoms with Crippen LogP contribution in [0, 0.1) is 5.41 Å². The standard InChI is InChI=1S/C21H20ClN7O6S/c1-27-11-16(19(30)25-14-3-5-15(6-4-14)28-8-9-35-21(28)23)18(26-27)29(12-36(32,33)34)20(31)17-7-2-13(22)10-24-17/h2-7,10-11,23H,8-9,12H2,1H3,(H,25,30)(H,32,33,34). The van der Waals surface area contributed by atoms with Gasteiger partial charge in [0, 0.05) is 30.8 Å². The number of aryl methyl sites for hydroxylation is 1. The van der Waals surface area contributed by atoms with Crippen molar-refractivity contribution in [2.24, 2.45) is 7.05 Å². The normalized spacial score (nSPS) is 13.4. The fraction of sp³-hybridized carbons (Fsp3) is 0.190. The molecule has 0 atom stereocenters. The zero-order chi connectivity index (χ0) is 26.0. The van der Waals surface area contributed by atoms with E-state index in [0.717, 1.165) is 0 Å². The van der Waals surface area contributed by atoms with Gasteiger partial charge in [-0.1, -0.05) is 11.6 Å². The van der Waals surface area contributed by atoms with Crippen molar-refractivity contribution in [3.05, 3.63) is 65.1 Å². The lowest BCUT2D eigenvalue weighted by Gasteiger charge is -2.20. The van der Waals surface area contributed by atoms with Gasteiger partial charge in [0.05, 0.1) is 11.6 Å². The van der Waals surface area contributed by atoms with Gasteiger partial charge in [0.1, 0.15) is 17.9 Å². The topological polar surface area (TPSA) is 171 Å². The first-order chi connectivity index (χ1) is 17.0. The molecular weight excluding hydrogens is 514 g/mol. The SMILES string of the molecule is Cn1cc(C(=O)Nc2ccc(N3CCOC3=N)cc2)c(N(CS(=O)(=O)O)C(=O)c2ccc(Cl)cn2)n1. The number of aromatic nitrogens is 3. The van der Waals surface area contributed by atoms with Crippen LogP contribution in [0.4, 0.5) is 17.2 Å². The number of hydrogen-bond acceptors (Lipinski definition) is 8. The maximum Gasteiger partial charge on any atom is 0.289 e. The molecule has 1 saturated heterocycles. The van der Waals surface area contributed by atoms with E-state index in [1.165, 1.54) is 36.3 Å². The number of rotatable bonds is 7. The van der Waals surface area contributed by atoms with Crippen LogP contribution in [0.3, 0.4) is 0 Å². The molecule has 1 aromatic carbocycles. The fourth-order valence-corrected chi connectivity index (χ4v) is 4.12. The van der Waals surface area contributed by atoms with Crippen LogP contribution >= 0.6 is 11.6 Å². The van der Waals surface area contributed by atoms with Gasteiger partial charge in [-0.05, 0) is 36.4 Å². The summed E-state index contributed by atoms with van der Waals surface area (Å²) in [5.74, 6) is -3.06. The maximum absolute atomic E-state index is 13.1. The highest BCUT2D eigenvalue weighted by Crippen LogP contribution is 2.25. The van der Waals surface area contributed by atoms with Gasteiger partial charge in [0.15, 0.2) is 11.7 Å². The van der Waals surface area contributed by atoms with Crippen LogP contribution in [0.1, 0.15) is 20.8 Å². The predicted octanol–water partition coefficient (Wildman–Crippen LogP) is 1.98. The van der Waals surface area contributed by atoms with Gasteiger partial charge < -0.3 is 10.1 Å². The van der Waals surface area contributed by atoms with E-state index in [1.807, 2.05) is 0 Å². The third-order valence-corrected chi connectivity index (χ3v) is 5.84. The van der Waals surface area contributed by atoms with Crippen LogP contribution in [0.2, 0.25) is 5.02 Å². The van der Waals surface area contributed by atoms with E-state index < -0.39 is 27.8 Å². The number of ether oxygens (including phenoxy) is 1. The molecule has 15 heteroatoms. The molecule has 1 fully saturated rings. The number of carbonyl (C=O) groups excluding carboxylic acids is 2. The van der Waals surface area contributed by atoms with Crippen LogP contribution in [-0.4, -0.2) is 64.6 Å². The highest BCUT2D eigenvalue weighted by molar-refractivity contribution is 7.85. The molecule has 0 spiro atoms. The summed E-state index contributed by atoms with van der Waals surface area (Å²) in [6.07, 6.45) is 2.51. The van der Waals surface area contributed by atoms with E-state index in [1.54, 1.807) is 29.2 Å². The Morgan fingerprint density at radius 1 is 1.25 bits per heavy atom. The van der Waals surface area contributed by atoms with Crippen molar-refractivity contribution >= 4 is 56.7 Å². The third-order valence-electron chi connectivity index (χ3n) is 5.03. The number of pyridine rings is 1. The Morgan fingerprint density at radius 2 is 1.97 bits per heavy atom. The molecule has 2 aromatic heterocycles. The smallest absolute Gasteiger partial charge is 0.289 e. The largest absolute Gasteiger partial charge is 0.463 e. The molecule has 1 aliphatic rings. The number of carbonyl (C=O) groups is 2. The van der Waals surface area contributed by atoms with Gasteiger partial charge in [-0.3, -0.25) is 34.0 Å². The molecule has 36 heavy (non-hydrogen) atoms. The minimum absolute atomic E-state index is 0.0329. The van der Waals surface area contributed by atoms with Gasteiger partial charge in [-0.25, -0.2) is 4.98 Å².